The Morgan fingerprint density at radius 1 is 0.903 bits per heavy atom. The molecule has 2 amide bonds. The van der Waals surface area contributed by atoms with E-state index < -0.39 is 39.1 Å². The van der Waals surface area contributed by atoms with Gasteiger partial charge in [-0.1, -0.05) is 6.07 Å². The Morgan fingerprint density at radius 2 is 1.48 bits per heavy atom. The minimum absolute atomic E-state index is 0.216. The van der Waals surface area contributed by atoms with Crippen LogP contribution in [0.5, 0.6) is 5.75 Å². The van der Waals surface area contributed by atoms with Crippen LogP contribution in [0.15, 0.2) is 48.5 Å². The molecule has 0 fully saturated rings. The summed E-state index contributed by atoms with van der Waals surface area (Å²) in [5.74, 6) is -3.31. The number of hydrogen-bond donors (Lipinski definition) is 2. The van der Waals surface area contributed by atoms with Crippen molar-refractivity contribution in [3.05, 3.63) is 54.1 Å². The second-order valence-electron chi connectivity index (χ2n) is 6.89. The molecular weight excluding hydrogens is 424 g/mol. The van der Waals surface area contributed by atoms with Crippen LogP contribution in [0.3, 0.4) is 0 Å². The summed E-state index contributed by atoms with van der Waals surface area (Å²) >= 11 is 0. The van der Waals surface area contributed by atoms with Gasteiger partial charge in [-0.15, -0.1) is 0 Å². The lowest BCUT2D eigenvalue weighted by molar-refractivity contribution is -0.114. The number of methoxy groups -OCH3 is 1. The van der Waals surface area contributed by atoms with Crippen LogP contribution in [0.2, 0.25) is 0 Å². The van der Waals surface area contributed by atoms with E-state index in [2.05, 4.69) is 10.6 Å². The molecule has 2 aromatic rings. The lowest BCUT2D eigenvalue weighted by Gasteiger charge is -2.10. The summed E-state index contributed by atoms with van der Waals surface area (Å²) in [6, 6.07) is 12.3. The molecule has 0 radical (unpaired) electrons. The minimum atomic E-state index is -4.02. The molecule has 10 heteroatoms. The van der Waals surface area contributed by atoms with Gasteiger partial charge in [-0.25, -0.2) is 13.2 Å². The van der Waals surface area contributed by atoms with Crippen LogP contribution in [-0.4, -0.2) is 50.9 Å². The number of nitrogens with one attached hydrogen (secondary N) is 2. The van der Waals surface area contributed by atoms with E-state index in [1.54, 1.807) is 38.1 Å². The van der Waals surface area contributed by atoms with Gasteiger partial charge >= 0.3 is 5.97 Å². The summed E-state index contributed by atoms with van der Waals surface area (Å²) < 4.78 is 34.5. The van der Waals surface area contributed by atoms with Crippen LogP contribution in [0, 0.1) is 0 Å². The Kier molecular flexibility index (Phi) is 8.14. The Hall–Kier alpha value is -3.40. The fraction of sp³-hybridized carbons (Fsp3) is 0.286. The number of benzene rings is 2. The third kappa shape index (κ3) is 8.09. The third-order valence-corrected chi connectivity index (χ3v) is 5.20. The monoisotopic (exact) mass is 448 g/mol. The Morgan fingerprint density at radius 3 is 2.03 bits per heavy atom. The molecule has 166 valence electrons. The number of rotatable bonds is 9. The normalized spacial score (nSPS) is 11.0. The molecule has 2 aromatic carbocycles. The van der Waals surface area contributed by atoms with Crippen LogP contribution in [-0.2, 0) is 24.2 Å². The third-order valence-electron chi connectivity index (χ3n) is 3.80. The zero-order chi connectivity index (χ0) is 23.0. The van der Waals surface area contributed by atoms with Crippen LogP contribution in [0.4, 0.5) is 11.4 Å². The molecule has 0 aliphatic carbocycles. The molecule has 0 heterocycles. The molecule has 0 atom stereocenters. The van der Waals surface area contributed by atoms with Crippen molar-refractivity contribution in [1.82, 2.24) is 0 Å². The van der Waals surface area contributed by atoms with Gasteiger partial charge in [0.05, 0.1) is 18.8 Å². The van der Waals surface area contributed by atoms with Crippen molar-refractivity contribution in [2.24, 2.45) is 0 Å². The summed E-state index contributed by atoms with van der Waals surface area (Å²) in [7, 11) is -2.52. The highest BCUT2D eigenvalue weighted by Gasteiger charge is 2.21. The van der Waals surface area contributed by atoms with E-state index in [-0.39, 0.29) is 17.4 Å². The van der Waals surface area contributed by atoms with E-state index in [1.807, 2.05) is 0 Å². The first-order valence-corrected chi connectivity index (χ1v) is 11.2. The van der Waals surface area contributed by atoms with Crippen molar-refractivity contribution >= 4 is 39.0 Å². The van der Waals surface area contributed by atoms with Crippen LogP contribution in [0.1, 0.15) is 24.2 Å². The SMILES string of the molecule is COc1ccc(NC(=O)CS(=O)(=O)CC(=O)Nc2cccc(C(=O)OC(C)C)c2)cc1. The van der Waals surface area contributed by atoms with Crippen LogP contribution in [0.25, 0.3) is 0 Å². The van der Waals surface area contributed by atoms with Gasteiger partial charge in [0, 0.05) is 11.4 Å². The van der Waals surface area contributed by atoms with Crippen LogP contribution < -0.4 is 15.4 Å². The van der Waals surface area contributed by atoms with E-state index >= 15 is 0 Å². The van der Waals surface area contributed by atoms with E-state index in [0.29, 0.717) is 11.4 Å². The molecule has 0 saturated carbocycles. The molecule has 0 spiro atoms. The van der Waals surface area contributed by atoms with Crippen molar-refractivity contribution in [2.45, 2.75) is 20.0 Å². The molecule has 0 aromatic heterocycles. The second-order valence-corrected chi connectivity index (χ2v) is 8.96. The molecule has 0 aliphatic rings. The van der Waals surface area contributed by atoms with Crippen molar-refractivity contribution in [1.29, 1.82) is 0 Å². The summed E-state index contributed by atoms with van der Waals surface area (Å²) in [5.41, 5.74) is 0.852. The summed E-state index contributed by atoms with van der Waals surface area (Å²) in [6.45, 7) is 3.42. The number of anilines is 2. The van der Waals surface area contributed by atoms with Gasteiger partial charge in [0.1, 0.15) is 17.3 Å². The number of ether oxygens (including phenoxy) is 2. The Labute approximate surface area is 180 Å². The van der Waals surface area contributed by atoms with Gasteiger partial charge in [0.2, 0.25) is 11.8 Å². The maximum atomic E-state index is 12.2. The predicted octanol–water partition coefficient (Wildman–Crippen LogP) is 2.25. The van der Waals surface area contributed by atoms with Gasteiger partial charge in [-0.2, -0.15) is 0 Å². The molecule has 2 rings (SSSR count). The molecule has 9 nitrogen and oxygen atoms in total. The number of carbonyl (C=O) groups is 3. The maximum absolute atomic E-state index is 12.2. The van der Waals surface area contributed by atoms with Crippen molar-refractivity contribution in [2.75, 3.05) is 29.2 Å². The Balaban J connectivity index is 1.93. The quantitative estimate of drug-likeness (QED) is 0.563. The van der Waals surface area contributed by atoms with E-state index in [0.717, 1.165) is 0 Å². The highest BCUT2D eigenvalue weighted by atomic mass is 32.2. The summed E-state index contributed by atoms with van der Waals surface area (Å²) in [4.78, 5) is 36.1. The highest BCUT2D eigenvalue weighted by molar-refractivity contribution is 7.92. The molecule has 0 unspecified atom stereocenters. The van der Waals surface area contributed by atoms with Crippen molar-refractivity contribution < 1.29 is 32.3 Å². The first-order valence-electron chi connectivity index (χ1n) is 9.33. The van der Waals surface area contributed by atoms with Gasteiger partial charge in [0.25, 0.3) is 0 Å². The maximum Gasteiger partial charge on any atom is 0.338 e. The predicted molar refractivity (Wildman–Crippen MR) is 116 cm³/mol. The summed E-state index contributed by atoms with van der Waals surface area (Å²) in [5, 5.41) is 4.86. The number of carbonyl (C=O) groups excluding carboxylic acids is 3. The first kappa shape index (κ1) is 23.9. The lowest BCUT2D eigenvalue weighted by Crippen LogP contribution is -2.30. The van der Waals surface area contributed by atoms with E-state index in [1.165, 1.54) is 31.4 Å². The number of sulfone groups is 1. The van der Waals surface area contributed by atoms with E-state index in [4.69, 9.17) is 9.47 Å². The molecular formula is C21H24N2O7S. The van der Waals surface area contributed by atoms with Gasteiger partial charge in [0.15, 0.2) is 9.84 Å². The number of esters is 1. The minimum Gasteiger partial charge on any atom is -0.497 e. The molecule has 0 bridgehead atoms. The molecule has 0 aliphatic heterocycles. The zero-order valence-electron chi connectivity index (χ0n) is 17.4. The van der Waals surface area contributed by atoms with Crippen LogP contribution >= 0.6 is 0 Å². The number of amides is 2. The molecule has 31 heavy (non-hydrogen) atoms. The zero-order valence-corrected chi connectivity index (χ0v) is 18.2. The second kappa shape index (κ2) is 10.6. The van der Waals surface area contributed by atoms with Crippen molar-refractivity contribution in [3.8, 4) is 5.75 Å². The average molecular weight is 448 g/mol. The number of hydrogen-bond acceptors (Lipinski definition) is 7. The fourth-order valence-electron chi connectivity index (χ4n) is 2.53. The average Bonchev–Trinajstić information content (AvgIpc) is 2.67. The van der Waals surface area contributed by atoms with Gasteiger partial charge in [-0.05, 0) is 56.3 Å². The lowest BCUT2D eigenvalue weighted by atomic mass is 10.2. The smallest absolute Gasteiger partial charge is 0.338 e. The Bertz CT molecular complexity index is 1050. The van der Waals surface area contributed by atoms with Gasteiger partial charge < -0.3 is 20.1 Å². The van der Waals surface area contributed by atoms with Crippen molar-refractivity contribution in [3.63, 3.8) is 0 Å². The fourth-order valence-corrected chi connectivity index (χ4v) is 3.57. The van der Waals surface area contributed by atoms with Gasteiger partial charge in [-0.3, -0.25) is 9.59 Å². The molecule has 0 saturated heterocycles. The first-order chi connectivity index (χ1) is 14.6. The largest absolute Gasteiger partial charge is 0.497 e. The summed E-state index contributed by atoms with van der Waals surface area (Å²) in [6.07, 6.45) is -0.306. The van der Waals surface area contributed by atoms with E-state index in [9.17, 15) is 22.8 Å². The standard InChI is InChI=1S/C21H24N2O7S/c1-14(2)30-21(26)15-5-4-6-17(11-15)23-20(25)13-31(27,28)12-19(24)22-16-7-9-18(29-3)10-8-16/h4-11,14H,12-13H2,1-3H3,(H,22,24)(H,23,25). The molecule has 2 N–H and O–H groups in total. The highest BCUT2D eigenvalue weighted by Crippen LogP contribution is 2.15. The topological polar surface area (TPSA) is 128 Å².